The first-order chi connectivity index (χ1) is 23.8. The molecule has 5 heterocycles. The third kappa shape index (κ3) is 9.34. The zero-order chi connectivity index (χ0) is 36.2. The normalized spacial score (nSPS) is 47.2. The predicted molar refractivity (Wildman–Crippen MR) is 179 cm³/mol. The lowest BCUT2D eigenvalue weighted by molar-refractivity contribution is -0.316. The van der Waals surface area contributed by atoms with Crippen molar-refractivity contribution >= 4 is 11.9 Å². The molecule has 0 aromatic carbocycles. The van der Waals surface area contributed by atoms with Crippen molar-refractivity contribution in [3.63, 3.8) is 0 Å². The molecular weight excluding hydrogens is 652 g/mol. The Morgan fingerprint density at radius 3 is 2.38 bits per heavy atom. The van der Waals surface area contributed by atoms with Gasteiger partial charge in [0, 0.05) is 45.6 Å². The topological polar surface area (TPSA) is 180 Å². The van der Waals surface area contributed by atoms with Crippen molar-refractivity contribution in [3.8, 4) is 0 Å². The highest BCUT2D eigenvalue weighted by Crippen LogP contribution is 2.40. The van der Waals surface area contributed by atoms with Gasteiger partial charge in [0.05, 0.1) is 42.7 Å². The van der Waals surface area contributed by atoms with Crippen LogP contribution in [0.3, 0.4) is 0 Å². The van der Waals surface area contributed by atoms with Crippen molar-refractivity contribution in [2.45, 2.75) is 177 Å². The van der Waals surface area contributed by atoms with Crippen LogP contribution in [0.4, 0.5) is 0 Å². The van der Waals surface area contributed by atoms with Crippen molar-refractivity contribution in [2.75, 3.05) is 7.11 Å². The molecule has 0 aromatic heterocycles. The minimum Gasteiger partial charge on any atom is -0.460 e. The van der Waals surface area contributed by atoms with Gasteiger partial charge < -0.3 is 53.6 Å². The lowest BCUT2D eigenvalue weighted by Gasteiger charge is -2.44. The number of methoxy groups -OCH3 is 1. The fourth-order valence-electron chi connectivity index (χ4n) is 8.08. The molecule has 0 aromatic rings. The fourth-order valence-corrected chi connectivity index (χ4v) is 8.08. The third-order valence-corrected chi connectivity index (χ3v) is 10.9. The van der Waals surface area contributed by atoms with Crippen LogP contribution in [0, 0.1) is 11.8 Å². The van der Waals surface area contributed by atoms with E-state index >= 15 is 0 Å². The van der Waals surface area contributed by atoms with Crippen LogP contribution in [0.1, 0.15) is 91.9 Å². The quantitative estimate of drug-likeness (QED) is 0.296. The Labute approximate surface area is 295 Å². The molecule has 13 nitrogen and oxygen atoms in total. The van der Waals surface area contributed by atoms with Gasteiger partial charge in [0.25, 0.3) is 0 Å². The highest BCUT2D eigenvalue weighted by atomic mass is 16.7. The Morgan fingerprint density at radius 1 is 0.920 bits per heavy atom. The van der Waals surface area contributed by atoms with E-state index in [1.807, 2.05) is 19.1 Å². The van der Waals surface area contributed by atoms with Gasteiger partial charge >= 0.3 is 11.9 Å². The number of carbonyl (C=O) groups excluding carboxylic acids is 2. The smallest absolute Gasteiger partial charge is 0.342 e. The summed E-state index contributed by atoms with van der Waals surface area (Å²) in [5.41, 5.74) is -2.15. The molecule has 4 saturated heterocycles. The Kier molecular flexibility index (Phi) is 13.6. The first-order valence-electron chi connectivity index (χ1n) is 18.5. The number of aliphatic hydroxyl groups is 4. The zero-order valence-corrected chi connectivity index (χ0v) is 30.0. The SMILES string of the molecule is CCCC(=O)O[C@H]1C[C@H]2C[C@@H](O[C@@H]3O[C@@H](C)[C@@H](O)[C@@H](O)[C@H]3OC)C[C@@H](C[C@@H](C)/C=C/C=C\C[C@H]3O[C@H](C[C@H]3C)[C@H](O)C[C@@H]3C[C@]1(O)C(=O)O3)O2. The molecule has 0 saturated carbocycles. The van der Waals surface area contributed by atoms with Gasteiger partial charge in [-0.25, -0.2) is 4.79 Å². The van der Waals surface area contributed by atoms with Gasteiger partial charge in [0.2, 0.25) is 5.60 Å². The predicted octanol–water partition coefficient (Wildman–Crippen LogP) is 2.64. The number of ether oxygens (including phenoxy) is 7. The van der Waals surface area contributed by atoms with Gasteiger partial charge in [-0.15, -0.1) is 0 Å². The summed E-state index contributed by atoms with van der Waals surface area (Å²) in [6, 6.07) is 0. The number of hydrogen-bond donors (Lipinski definition) is 4. The molecule has 0 spiro atoms. The van der Waals surface area contributed by atoms with Gasteiger partial charge in [-0.2, -0.15) is 0 Å². The van der Waals surface area contributed by atoms with Gasteiger partial charge in [-0.3, -0.25) is 4.79 Å². The standard InChI is InChI=1S/C37H58O13/c1-6-10-31(39)50-30-18-25-16-24(47-35-34(44-5)33(41)32(40)22(4)45-35)15-23(46-25)13-20(2)11-8-7-9-12-28-21(3)14-29(49-28)27(38)17-26-19-37(30,43)36(42)48-26/h7-9,11,20-30,32-35,38,40-41,43H,6,10,12-19H2,1-5H3/b9-7-,11-8+/t20-,21+,22-,23+,24-,25+,26+,27+,28+,29+,30-,32+,33+,34+,35-,37+/m0/s1. The van der Waals surface area contributed by atoms with Crippen LogP contribution < -0.4 is 0 Å². The Balaban J connectivity index is 1.42. The van der Waals surface area contributed by atoms with E-state index in [9.17, 15) is 30.0 Å². The van der Waals surface area contributed by atoms with Gasteiger partial charge in [0.1, 0.15) is 30.5 Å². The highest BCUT2D eigenvalue weighted by Gasteiger charge is 2.57. The largest absolute Gasteiger partial charge is 0.460 e. The Morgan fingerprint density at radius 2 is 1.66 bits per heavy atom. The number of hydrogen-bond acceptors (Lipinski definition) is 13. The summed E-state index contributed by atoms with van der Waals surface area (Å²) < 4.78 is 42.2. The summed E-state index contributed by atoms with van der Waals surface area (Å²) in [4.78, 5) is 26.3. The second kappa shape index (κ2) is 17.3. The van der Waals surface area contributed by atoms with Crippen molar-refractivity contribution in [1.82, 2.24) is 0 Å². The maximum Gasteiger partial charge on any atom is 0.342 e. The zero-order valence-electron chi connectivity index (χ0n) is 30.0. The molecule has 0 radical (unpaired) electrons. The molecule has 0 aliphatic carbocycles. The molecule has 284 valence electrons. The van der Waals surface area contributed by atoms with Crippen LogP contribution in [-0.2, 0) is 42.7 Å². The number of esters is 2. The van der Waals surface area contributed by atoms with Crippen molar-refractivity contribution < 1.29 is 63.2 Å². The monoisotopic (exact) mass is 710 g/mol. The molecular formula is C37H58O13. The molecule has 6 bridgehead atoms. The summed E-state index contributed by atoms with van der Waals surface area (Å²) >= 11 is 0. The van der Waals surface area contributed by atoms with Crippen molar-refractivity contribution in [1.29, 1.82) is 0 Å². The van der Waals surface area contributed by atoms with E-state index in [-0.39, 0.29) is 49.7 Å². The first-order valence-corrected chi connectivity index (χ1v) is 18.5. The summed E-state index contributed by atoms with van der Waals surface area (Å²) in [6.07, 6.45) is 1.62. The third-order valence-electron chi connectivity index (χ3n) is 10.9. The average molecular weight is 711 g/mol. The van der Waals surface area contributed by atoms with Crippen LogP contribution >= 0.6 is 0 Å². The van der Waals surface area contributed by atoms with E-state index in [0.717, 1.165) is 0 Å². The number of fused-ring (bicyclic) bond motifs is 6. The lowest BCUT2D eigenvalue weighted by atomic mass is 9.85. The fraction of sp³-hybridized carbons (Fsp3) is 0.838. The Hall–Kier alpha value is -1.94. The maximum absolute atomic E-state index is 13.4. The van der Waals surface area contributed by atoms with E-state index in [1.165, 1.54) is 7.11 Å². The number of aliphatic hydroxyl groups excluding tert-OH is 3. The number of carbonyl (C=O) groups is 2. The van der Waals surface area contributed by atoms with Gasteiger partial charge in [-0.05, 0) is 44.4 Å². The van der Waals surface area contributed by atoms with E-state index in [0.29, 0.717) is 38.5 Å². The lowest BCUT2D eigenvalue weighted by Crippen LogP contribution is -2.59. The van der Waals surface area contributed by atoms with Crippen LogP contribution in [0.15, 0.2) is 24.3 Å². The molecule has 5 aliphatic heterocycles. The minimum atomic E-state index is -2.15. The number of rotatable bonds is 6. The molecule has 4 fully saturated rings. The van der Waals surface area contributed by atoms with E-state index in [2.05, 4.69) is 26.0 Å². The summed E-state index contributed by atoms with van der Waals surface area (Å²) in [6.45, 7) is 7.67. The highest BCUT2D eigenvalue weighted by molar-refractivity contribution is 5.83. The Bertz CT molecular complexity index is 1190. The molecule has 13 heteroatoms. The van der Waals surface area contributed by atoms with Crippen LogP contribution in [0.5, 0.6) is 0 Å². The van der Waals surface area contributed by atoms with Crippen LogP contribution in [0.2, 0.25) is 0 Å². The van der Waals surface area contributed by atoms with E-state index < -0.39 is 84.9 Å². The molecule has 16 atom stereocenters. The van der Waals surface area contributed by atoms with Crippen LogP contribution in [-0.4, -0.2) is 125 Å². The minimum absolute atomic E-state index is 0.0124. The molecule has 0 unspecified atom stereocenters. The van der Waals surface area contributed by atoms with Gasteiger partial charge in [0.15, 0.2) is 6.29 Å². The van der Waals surface area contributed by atoms with Gasteiger partial charge in [-0.1, -0.05) is 45.1 Å². The van der Waals surface area contributed by atoms with E-state index in [1.54, 1.807) is 6.92 Å². The average Bonchev–Trinajstić information content (AvgIpc) is 3.57. The number of allylic oxidation sites excluding steroid dienone is 3. The van der Waals surface area contributed by atoms with Crippen molar-refractivity contribution in [3.05, 3.63) is 24.3 Å². The summed E-state index contributed by atoms with van der Waals surface area (Å²) in [5.74, 6) is -1.12. The maximum atomic E-state index is 13.4. The van der Waals surface area contributed by atoms with E-state index in [4.69, 9.17) is 33.2 Å². The molecule has 5 aliphatic rings. The second-order valence-corrected chi connectivity index (χ2v) is 15.1. The molecule has 50 heavy (non-hydrogen) atoms. The second-order valence-electron chi connectivity index (χ2n) is 15.1. The summed E-state index contributed by atoms with van der Waals surface area (Å²) in [7, 11) is 1.42. The molecule has 4 N–H and O–H groups in total. The first kappa shape index (κ1) is 39.3. The molecule has 0 amide bonds. The molecule has 5 rings (SSSR count). The summed E-state index contributed by atoms with van der Waals surface area (Å²) in [5, 5.41) is 44.2. The van der Waals surface area contributed by atoms with Crippen molar-refractivity contribution in [2.24, 2.45) is 11.8 Å². The van der Waals surface area contributed by atoms with Crippen LogP contribution in [0.25, 0.3) is 0 Å².